The summed E-state index contributed by atoms with van der Waals surface area (Å²) in [7, 11) is 3.17. The smallest absolute Gasteiger partial charge is 0.249 e. The first kappa shape index (κ1) is 21.6. The number of H-pyrrole nitrogens is 1. The number of methoxy groups -OCH3 is 2. The number of ether oxygens (including phenoxy) is 2. The van der Waals surface area contributed by atoms with Crippen molar-refractivity contribution in [3.8, 4) is 22.8 Å². The molecule has 0 amide bonds. The number of aromatic amines is 1. The fourth-order valence-electron chi connectivity index (χ4n) is 4.70. The number of aromatic nitrogens is 2. The highest BCUT2D eigenvalue weighted by atomic mass is 16.5. The maximum atomic E-state index is 12.9. The zero-order valence-electron chi connectivity index (χ0n) is 19.6. The minimum atomic E-state index is -0.602. The second kappa shape index (κ2) is 8.39. The summed E-state index contributed by atoms with van der Waals surface area (Å²) in [5, 5.41) is 5.04. The number of carbonyl (C=O) groups excluding carboxylic acids is 2. The van der Waals surface area contributed by atoms with E-state index in [-0.39, 0.29) is 5.70 Å². The molecular formula is C29H21N3O4. The van der Waals surface area contributed by atoms with Crippen LogP contribution in [0.3, 0.4) is 0 Å². The van der Waals surface area contributed by atoms with Gasteiger partial charge in [-0.05, 0) is 35.9 Å². The molecule has 1 aliphatic rings. The van der Waals surface area contributed by atoms with Crippen LogP contribution in [0.5, 0.6) is 11.5 Å². The van der Waals surface area contributed by atoms with Crippen molar-refractivity contribution >= 4 is 45.3 Å². The number of rotatable bonds is 5. The Kier molecular flexibility index (Phi) is 5.04. The molecular weight excluding hydrogens is 454 g/mol. The van der Waals surface area contributed by atoms with E-state index < -0.39 is 11.6 Å². The van der Waals surface area contributed by atoms with Crippen LogP contribution in [0.2, 0.25) is 0 Å². The second-order valence-electron chi connectivity index (χ2n) is 8.42. The van der Waals surface area contributed by atoms with Crippen LogP contribution in [0.15, 0.2) is 78.5 Å². The number of nitrogens with one attached hydrogen (secondary N) is 2. The van der Waals surface area contributed by atoms with Gasteiger partial charge in [0, 0.05) is 27.4 Å². The number of pyridine rings is 1. The molecule has 0 aliphatic heterocycles. The maximum absolute atomic E-state index is 12.9. The number of benzene rings is 3. The van der Waals surface area contributed by atoms with Gasteiger partial charge in [-0.15, -0.1) is 0 Å². The van der Waals surface area contributed by atoms with E-state index in [1.54, 1.807) is 32.4 Å². The van der Waals surface area contributed by atoms with Crippen LogP contribution in [-0.4, -0.2) is 35.8 Å². The zero-order valence-corrected chi connectivity index (χ0v) is 19.6. The third-order valence-electron chi connectivity index (χ3n) is 6.37. The minimum absolute atomic E-state index is 0.175. The van der Waals surface area contributed by atoms with E-state index in [1.807, 2.05) is 60.7 Å². The Hall–Kier alpha value is -4.91. The first-order valence-corrected chi connectivity index (χ1v) is 11.4. The Balaban J connectivity index is 1.58. The lowest BCUT2D eigenvalue weighted by Gasteiger charge is -2.17. The van der Waals surface area contributed by atoms with E-state index in [9.17, 15) is 9.59 Å². The highest BCUT2D eigenvalue weighted by Crippen LogP contribution is 2.41. The molecule has 5 aromatic rings. The molecule has 0 bridgehead atoms. The number of hydrogen-bond acceptors (Lipinski definition) is 6. The molecule has 3 aromatic carbocycles. The molecule has 2 N–H and O–H groups in total. The monoisotopic (exact) mass is 475 g/mol. The van der Waals surface area contributed by atoms with Gasteiger partial charge in [-0.1, -0.05) is 48.5 Å². The van der Waals surface area contributed by atoms with Gasteiger partial charge in [0.25, 0.3) is 0 Å². The van der Waals surface area contributed by atoms with Crippen molar-refractivity contribution in [1.82, 2.24) is 9.97 Å². The van der Waals surface area contributed by atoms with Crippen molar-refractivity contribution in [2.24, 2.45) is 0 Å². The molecule has 36 heavy (non-hydrogen) atoms. The summed E-state index contributed by atoms with van der Waals surface area (Å²) in [4.78, 5) is 34.0. The summed E-state index contributed by atoms with van der Waals surface area (Å²) in [6, 6.07) is 22.5. The summed E-state index contributed by atoms with van der Waals surface area (Å²) in [6.45, 7) is 0. The molecule has 2 aromatic heterocycles. The zero-order chi connectivity index (χ0) is 24.8. The molecule has 6 rings (SSSR count). The topological polar surface area (TPSA) is 93.3 Å². The third kappa shape index (κ3) is 3.32. The predicted octanol–water partition coefficient (Wildman–Crippen LogP) is 5.62. The maximum Gasteiger partial charge on any atom is 0.249 e. The van der Waals surface area contributed by atoms with Gasteiger partial charge < -0.3 is 19.8 Å². The molecule has 2 heterocycles. The summed E-state index contributed by atoms with van der Waals surface area (Å²) < 4.78 is 11.2. The van der Waals surface area contributed by atoms with Gasteiger partial charge in [-0.3, -0.25) is 9.59 Å². The number of ketones is 2. The number of carbonyl (C=O) groups is 2. The molecule has 0 radical (unpaired) electrons. The summed E-state index contributed by atoms with van der Waals surface area (Å²) in [6.07, 6.45) is 1.69. The van der Waals surface area contributed by atoms with Gasteiger partial charge >= 0.3 is 0 Å². The number of Topliss-reactive ketones (excluding diaryl/α,β-unsaturated/α-hetero) is 2. The standard InChI is InChI=1S/C29H21N3O4/c1-35-23-13-7-11-19(29(23)36-2)25-26-20(18-10-5-6-12-21(18)31-26)15-24(32-25)30-22-14-16-8-3-4-9-17(16)27(33)28(22)34/h3-15,31H,1-2H3,(H,30,32). The Morgan fingerprint density at radius 1 is 0.806 bits per heavy atom. The van der Waals surface area contributed by atoms with E-state index in [2.05, 4.69) is 10.3 Å². The SMILES string of the molecule is COc1cccc(-c2nc(NC3=Cc4ccccc4C(=O)C3=O)cc3c2[nH]c2ccccc23)c1OC. The molecule has 0 fully saturated rings. The molecule has 176 valence electrons. The first-order valence-electron chi connectivity index (χ1n) is 11.4. The van der Waals surface area contributed by atoms with Crippen molar-refractivity contribution in [2.45, 2.75) is 0 Å². The van der Waals surface area contributed by atoms with Crippen molar-refractivity contribution < 1.29 is 19.1 Å². The number of para-hydroxylation sites is 2. The van der Waals surface area contributed by atoms with Crippen molar-refractivity contribution in [1.29, 1.82) is 0 Å². The van der Waals surface area contributed by atoms with E-state index >= 15 is 0 Å². The Morgan fingerprint density at radius 3 is 2.42 bits per heavy atom. The number of hydrogen-bond donors (Lipinski definition) is 2. The van der Waals surface area contributed by atoms with E-state index in [1.165, 1.54) is 0 Å². The fraction of sp³-hybridized carbons (Fsp3) is 0.0690. The third-order valence-corrected chi connectivity index (χ3v) is 6.37. The van der Waals surface area contributed by atoms with E-state index in [4.69, 9.17) is 14.5 Å². The van der Waals surface area contributed by atoms with E-state index in [0.29, 0.717) is 34.1 Å². The molecule has 0 atom stereocenters. The van der Waals surface area contributed by atoms with Gasteiger partial charge in [-0.2, -0.15) is 0 Å². The van der Waals surface area contributed by atoms with Crippen LogP contribution in [0.25, 0.3) is 39.1 Å². The molecule has 7 heteroatoms. The number of fused-ring (bicyclic) bond motifs is 4. The average molecular weight is 476 g/mol. The molecule has 0 spiro atoms. The van der Waals surface area contributed by atoms with Gasteiger partial charge in [-0.25, -0.2) is 4.98 Å². The summed E-state index contributed by atoms with van der Waals surface area (Å²) in [5.74, 6) is 0.404. The van der Waals surface area contributed by atoms with Crippen LogP contribution >= 0.6 is 0 Å². The normalized spacial score (nSPS) is 13.0. The molecule has 1 aliphatic carbocycles. The molecule has 0 saturated heterocycles. The quantitative estimate of drug-likeness (QED) is 0.321. The number of allylic oxidation sites excluding steroid dienone is 1. The number of nitrogens with zero attached hydrogens (tertiary/aromatic N) is 1. The molecule has 0 saturated carbocycles. The lowest BCUT2D eigenvalue weighted by molar-refractivity contribution is -0.111. The highest BCUT2D eigenvalue weighted by molar-refractivity contribution is 6.52. The Labute approximate surface area is 206 Å². The molecule has 0 unspecified atom stereocenters. The fourth-order valence-corrected chi connectivity index (χ4v) is 4.70. The van der Waals surface area contributed by atoms with Gasteiger partial charge in [0.15, 0.2) is 11.5 Å². The van der Waals surface area contributed by atoms with Crippen LogP contribution in [0.4, 0.5) is 5.82 Å². The lowest BCUT2D eigenvalue weighted by atomic mass is 9.93. The lowest BCUT2D eigenvalue weighted by Crippen LogP contribution is -2.25. The van der Waals surface area contributed by atoms with E-state index in [0.717, 1.165) is 27.4 Å². The molecule has 7 nitrogen and oxygen atoms in total. The Bertz CT molecular complexity index is 1730. The highest BCUT2D eigenvalue weighted by Gasteiger charge is 2.28. The largest absolute Gasteiger partial charge is 0.493 e. The van der Waals surface area contributed by atoms with Gasteiger partial charge in [0.2, 0.25) is 11.6 Å². The van der Waals surface area contributed by atoms with Crippen LogP contribution < -0.4 is 14.8 Å². The number of anilines is 1. The van der Waals surface area contributed by atoms with Crippen molar-refractivity contribution in [3.63, 3.8) is 0 Å². The van der Waals surface area contributed by atoms with Crippen molar-refractivity contribution in [3.05, 3.63) is 89.6 Å². The van der Waals surface area contributed by atoms with Crippen molar-refractivity contribution in [2.75, 3.05) is 19.5 Å². The Morgan fingerprint density at radius 2 is 1.58 bits per heavy atom. The average Bonchev–Trinajstić information content (AvgIpc) is 3.29. The van der Waals surface area contributed by atoms with Gasteiger partial charge in [0.05, 0.1) is 25.4 Å². The second-order valence-corrected chi connectivity index (χ2v) is 8.42. The predicted molar refractivity (Wildman–Crippen MR) is 140 cm³/mol. The minimum Gasteiger partial charge on any atom is -0.493 e. The van der Waals surface area contributed by atoms with Crippen LogP contribution in [0.1, 0.15) is 15.9 Å². The van der Waals surface area contributed by atoms with Crippen LogP contribution in [0, 0.1) is 0 Å². The summed E-state index contributed by atoms with van der Waals surface area (Å²) in [5.41, 5.74) is 4.38. The van der Waals surface area contributed by atoms with Gasteiger partial charge in [0.1, 0.15) is 11.5 Å². The summed E-state index contributed by atoms with van der Waals surface area (Å²) >= 11 is 0. The first-order chi connectivity index (χ1) is 17.6. The van der Waals surface area contributed by atoms with Crippen LogP contribution in [-0.2, 0) is 4.79 Å².